The zero-order valence-corrected chi connectivity index (χ0v) is 4.68. The highest BCUT2D eigenvalue weighted by molar-refractivity contribution is 5.75. The summed E-state index contributed by atoms with van der Waals surface area (Å²) in [5.41, 5.74) is 6.18. The number of rotatable bonds is 0. The van der Waals surface area contributed by atoms with Crippen molar-refractivity contribution in [2.24, 2.45) is 0 Å². The number of amides is 1. The Morgan fingerprint density at radius 1 is 1.50 bits per heavy atom. The van der Waals surface area contributed by atoms with Crippen molar-refractivity contribution in [3.05, 3.63) is 0 Å². The summed E-state index contributed by atoms with van der Waals surface area (Å²) in [5, 5.41) is 0. The van der Waals surface area contributed by atoms with E-state index >= 15 is 0 Å². The van der Waals surface area contributed by atoms with E-state index in [1.807, 2.05) is 0 Å². The molecular weight excluding hydrogens is 104 g/mol. The van der Waals surface area contributed by atoms with Gasteiger partial charge < -0.3 is 0 Å². The first-order valence-corrected chi connectivity index (χ1v) is 2.85. The van der Waals surface area contributed by atoms with Crippen molar-refractivity contribution in [2.75, 3.05) is 6.54 Å². The van der Waals surface area contributed by atoms with E-state index in [-0.39, 0.29) is 5.91 Å². The van der Waals surface area contributed by atoms with E-state index in [4.69, 9.17) is 0 Å². The van der Waals surface area contributed by atoms with Gasteiger partial charge in [0.15, 0.2) is 0 Å². The van der Waals surface area contributed by atoms with Crippen molar-refractivity contribution < 1.29 is 4.79 Å². The molecule has 1 radical (unpaired) electrons. The molecule has 1 heterocycles. The topological polar surface area (TPSA) is 43.2 Å². The molecule has 0 saturated carbocycles. The van der Waals surface area contributed by atoms with Gasteiger partial charge in [-0.2, -0.15) is 0 Å². The van der Waals surface area contributed by atoms with Crippen molar-refractivity contribution in [3.63, 3.8) is 0 Å². The van der Waals surface area contributed by atoms with Crippen LogP contribution < -0.4 is 10.9 Å². The maximum atomic E-state index is 10.5. The number of nitrogens with zero attached hydrogens (tertiary/aromatic N) is 1. The lowest BCUT2D eigenvalue weighted by Gasteiger charge is -1.93. The van der Waals surface area contributed by atoms with Crippen LogP contribution in [-0.4, -0.2) is 12.5 Å². The van der Waals surface area contributed by atoms with Crippen molar-refractivity contribution in [2.45, 2.75) is 19.3 Å². The van der Waals surface area contributed by atoms with Gasteiger partial charge in [0.1, 0.15) is 0 Å². The summed E-state index contributed by atoms with van der Waals surface area (Å²) in [6.45, 7) is 0.783. The Morgan fingerprint density at radius 2 is 2.38 bits per heavy atom. The zero-order valence-electron chi connectivity index (χ0n) is 4.68. The molecule has 0 spiro atoms. The predicted octanol–water partition coefficient (Wildman–Crippen LogP) is -0.194. The number of carbonyl (C=O) groups is 1. The molecule has 0 bridgehead atoms. The Morgan fingerprint density at radius 3 is 3.25 bits per heavy atom. The molecule has 0 aromatic heterocycles. The molecule has 8 heavy (non-hydrogen) atoms. The zero-order chi connectivity index (χ0) is 5.82. The SMILES string of the molecule is O=C1CCCC[N]N1. The Labute approximate surface area is 48.4 Å². The van der Waals surface area contributed by atoms with Crippen LogP contribution in [0.3, 0.4) is 0 Å². The van der Waals surface area contributed by atoms with E-state index in [2.05, 4.69) is 10.9 Å². The van der Waals surface area contributed by atoms with Gasteiger partial charge in [-0.25, -0.2) is 0 Å². The molecule has 1 rings (SSSR count). The minimum absolute atomic E-state index is 0.0579. The highest BCUT2D eigenvalue weighted by atomic mass is 16.2. The van der Waals surface area contributed by atoms with Gasteiger partial charge in [0.25, 0.3) is 0 Å². The summed E-state index contributed by atoms with van der Waals surface area (Å²) in [6.07, 6.45) is 2.66. The van der Waals surface area contributed by atoms with Crippen molar-refractivity contribution in [1.29, 1.82) is 0 Å². The fraction of sp³-hybridized carbons (Fsp3) is 0.800. The number of hydrogen-bond acceptors (Lipinski definition) is 1. The molecular formula is C5H9N2O. The third-order valence-electron chi connectivity index (χ3n) is 1.13. The number of nitrogens with one attached hydrogen (secondary N) is 1. The van der Waals surface area contributed by atoms with Gasteiger partial charge in [0.05, 0.1) is 0 Å². The van der Waals surface area contributed by atoms with Gasteiger partial charge in [-0.3, -0.25) is 10.2 Å². The first kappa shape index (κ1) is 5.56. The molecule has 1 aliphatic rings. The van der Waals surface area contributed by atoms with Gasteiger partial charge >= 0.3 is 0 Å². The maximum Gasteiger partial charge on any atom is 0.235 e. The number of carbonyl (C=O) groups excluding carboxylic acids is 1. The Kier molecular flexibility index (Phi) is 1.86. The van der Waals surface area contributed by atoms with E-state index in [9.17, 15) is 4.79 Å². The quantitative estimate of drug-likeness (QED) is 0.464. The lowest BCUT2D eigenvalue weighted by molar-refractivity contribution is -0.121. The van der Waals surface area contributed by atoms with E-state index in [0.29, 0.717) is 6.42 Å². The lowest BCUT2D eigenvalue weighted by Crippen LogP contribution is -2.28. The normalized spacial score (nSPS) is 21.8. The van der Waals surface area contributed by atoms with E-state index in [1.54, 1.807) is 0 Å². The maximum absolute atomic E-state index is 10.5. The first-order chi connectivity index (χ1) is 3.89. The summed E-state index contributed by atoms with van der Waals surface area (Å²) in [6, 6.07) is 0. The molecule has 1 N–H and O–H groups in total. The second-order valence-electron chi connectivity index (χ2n) is 1.87. The van der Waals surface area contributed by atoms with Gasteiger partial charge in [0, 0.05) is 13.0 Å². The number of hydrogen-bond donors (Lipinski definition) is 1. The van der Waals surface area contributed by atoms with Crippen LogP contribution in [-0.2, 0) is 4.79 Å². The highest BCUT2D eigenvalue weighted by Crippen LogP contribution is 1.96. The minimum Gasteiger partial charge on any atom is -0.274 e. The van der Waals surface area contributed by atoms with Crippen LogP contribution in [0.1, 0.15) is 19.3 Å². The summed E-state index contributed by atoms with van der Waals surface area (Å²) in [7, 11) is 0. The molecule has 1 fully saturated rings. The summed E-state index contributed by atoms with van der Waals surface area (Å²) >= 11 is 0. The predicted molar refractivity (Wildman–Crippen MR) is 29.0 cm³/mol. The van der Waals surface area contributed by atoms with Crippen LogP contribution in [0.4, 0.5) is 0 Å². The molecule has 3 nitrogen and oxygen atoms in total. The largest absolute Gasteiger partial charge is 0.274 e. The molecule has 1 amide bonds. The second-order valence-corrected chi connectivity index (χ2v) is 1.87. The van der Waals surface area contributed by atoms with Gasteiger partial charge in [-0.1, -0.05) is 0 Å². The third kappa shape index (κ3) is 1.50. The van der Waals surface area contributed by atoms with Crippen LogP contribution in [0, 0.1) is 0 Å². The molecule has 1 saturated heterocycles. The van der Waals surface area contributed by atoms with Crippen molar-refractivity contribution in [3.8, 4) is 0 Å². The fourth-order valence-corrected chi connectivity index (χ4v) is 0.676. The molecule has 45 valence electrons. The molecule has 0 atom stereocenters. The van der Waals surface area contributed by atoms with Gasteiger partial charge in [0.2, 0.25) is 5.91 Å². The van der Waals surface area contributed by atoms with E-state index in [0.717, 1.165) is 19.4 Å². The summed E-state index contributed by atoms with van der Waals surface area (Å²) in [4.78, 5) is 10.5. The van der Waals surface area contributed by atoms with Crippen LogP contribution in [0.5, 0.6) is 0 Å². The Hall–Kier alpha value is -0.570. The monoisotopic (exact) mass is 113 g/mol. The molecule has 0 aromatic rings. The standard InChI is InChI=1S/C5H9N2O/c8-5-3-1-2-4-6-7-5/h1-4H2,(H,7,8). The first-order valence-electron chi connectivity index (χ1n) is 2.85. The van der Waals surface area contributed by atoms with Crippen LogP contribution >= 0.6 is 0 Å². The van der Waals surface area contributed by atoms with Gasteiger partial charge in [-0.15, -0.1) is 5.43 Å². The smallest absolute Gasteiger partial charge is 0.235 e. The second kappa shape index (κ2) is 2.67. The minimum atomic E-state index is 0.0579. The Balaban J connectivity index is 2.27. The van der Waals surface area contributed by atoms with Crippen LogP contribution in [0.2, 0.25) is 0 Å². The molecule has 1 aliphatic heterocycles. The van der Waals surface area contributed by atoms with E-state index in [1.165, 1.54) is 0 Å². The third-order valence-corrected chi connectivity index (χ3v) is 1.13. The van der Waals surface area contributed by atoms with Crippen LogP contribution in [0.15, 0.2) is 0 Å². The highest BCUT2D eigenvalue weighted by Gasteiger charge is 2.04. The van der Waals surface area contributed by atoms with Crippen molar-refractivity contribution >= 4 is 5.91 Å². The van der Waals surface area contributed by atoms with Gasteiger partial charge in [-0.05, 0) is 12.8 Å². The molecule has 0 unspecified atom stereocenters. The molecule has 3 heteroatoms. The lowest BCUT2D eigenvalue weighted by atomic mass is 10.2. The summed E-state index contributed by atoms with van der Waals surface area (Å²) < 4.78 is 0. The average Bonchev–Trinajstić information content (AvgIpc) is 1.94. The Bertz CT molecular complexity index is 82.4. The summed E-state index contributed by atoms with van der Waals surface area (Å²) in [5.74, 6) is 0.0579. The van der Waals surface area contributed by atoms with E-state index < -0.39 is 0 Å². The van der Waals surface area contributed by atoms with Crippen LogP contribution in [0.25, 0.3) is 0 Å². The molecule has 0 aromatic carbocycles. The molecule has 0 aliphatic carbocycles. The fourth-order valence-electron chi connectivity index (χ4n) is 0.676. The van der Waals surface area contributed by atoms with Crippen molar-refractivity contribution in [1.82, 2.24) is 10.9 Å². The average molecular weight is 113 g/mol.